The van der Waals surface area contributed by atoms with Gasteiger partial charge in [0.25, 0.3) is 0 Å². The molecule has 150 valence electrons. The van der Waals surface area contributed by atoms with Gasteiger partial charge in [-0.15, -0.1) is 0 Å². The van der Waals surface area contributed by atoms with Gasteiger partial charge in [-0.05, 0) is 56.5 Å². The summed E-state index contributed by atoms with van der Waals surface area (Å²) in [4.78, 5) is 14.8. The number of ether oxygens (including phenoxy) is 2. The van der Waals surface area contributed by atoms with Gasteiger partial charge in [0, 0.05) is 19.5 Å². The number of hydrogen-bond acceptors (Lipinski definition) is 4. The number of benzene rings is 1. The topological polar surface area (TPSA) is 62.8 Å². The molecule has 6 nitrogen and oxygen atoms in total. The molecule has 0 saturated carbocycles. The Morgan fingerprint density at radius 2 is 1.81 bits per heavy atom. The molecule has 1 aromatic rings. The van der Waals surface area contributed by atoms with E-state index in [2.05, 4.69) is 22.5 Å². The zero-order valence-electron chi connectivity index (χ0n) is 16.6. The van der Waals surface area contributed by atoms with Crippen molar-refractivity contribution < 1.29 is 14.3 Å². The lowest BCUT2D eigenvalue weighted by atomic mass is 10.1. The Hall–Kier alpha value is -1.95. The number of likely N-dealkylation sites (tertiary alicyclic amines) is 1. The Morgan fingerprint density at radius 1 is 1.07 bits per heavy atom. The fraction of sp³-hybridized carbons (Fsp3) is 0.667. The summed E-state index contributed by atoms with van der Waals surface area (Å²) in [6.45, 7) is 9.65. The highest BCUT2D eigenvalue weighted by Gasteiger charge is 2.17. The number of hydrogen-bond donors (Lipinski definition) is 2. The summed E-state index contributed by atoms with van der Waals surface area (Å²) < 4.78 is 11.4. The zero-order chi connectivity index (χ0) is 19.1. The molecule has 0 spiro atoms. The predicted molar refractivity (Wildman–Crippen MR) is 106 cm³/mol. The van der Waals surface area contributed by atoms with Gasteiger partial charge in [-0.2, -0.15) is 0 Å². The quantitative estimate of drug-likeness (QED) is 0.801. The SMILES string of the molecule is CC(CNC(=O)NC(C)c1ccc2c(c1)OCCCO2)CN1CCCCC1. The number of rotatable bonds is 6. The van der Waals surface area contributed by atoms with E-state index < -0.39 is 0 Å². The molecule has 2 heterocycles. The minimum atomic E-state index is -0.125. The van der Waals surface area contributed by atoms with Gasteiger partial charge in [-0.1, -0.05) is 19.4 Å². The van der Waals surface area contributed by atoms with Gasteiger partial charge < -0.3 is 25.0 Å². The van der Waals surface area contributed by atoms with Crippen molar-refractivity contribution >= 4 is 6.03 Å². The van der Waals surface area contributed by atoms with Crippen molar-refractivity contribution in [2.24, 2.45) is 5.92 Å². The van der Waals surface area contributed by atoms with Gasteiger partial charge in [-0.25, -0.2) is 4.79 Å². The van der Waals surface area contributed by atoms with Gasteiger partial charge in [0.05, 0.1) is 19.3 Å². The average molecular weight is 376 g/mol. The monoisotopic (exact) mass is 375 g/mol. The molecule has 2 aliphatic rings. The number of amides is 2. The van der Waals surface area contributed by atoms with E-state index in [1.807, 2.05) is 25.1 Å². The smallest absolute Gasteiger partial charge is 0.315 e. The van der Waals surface area contributed by atoms with E-state index >= 15 is 0 Å². The van der Waals surface area contributed by atoms with Crippen molar-refractivity contribution in [3.05, 3.63) is 23.8 Å². The highest BCUT2D eigenvalue weighted by Crippen LogP contribution is 2.32. The minimum absolute atomic E-state index is 0.0976. The van der Waals surface area contributed by atoms with E-state index in [9.17, 15) is 4.79 Å². The molecule has 0 radical (unpaired) electrons. The second kappa shape index (κ2) is 9.83. The van der Waals surface area contributed by atoms with Crippen molar-refractivity contribution in [2.75, 3.05) is 39.4 Å². The number of urea groups is 1. The van der Waals surface area contributed by atoms with E-state index in [0.717, 1.165) is 30.0 Å². The lowest BCUT2D eigenvalue weighted by Crippen LogP contribution is -2.42. The van der Waals surface area contributed by atoms with Crippen molar-refractivity contribution in [1.82, 2.24) is 15.5 Å². The fourth-order valence-electron chi connectivity index (χ4n) is 3.69. The van der Waals surface area contributed by atoms with Crippen molar-refractivity contribution in [3.63, 3.8) is 0 Å². The number of carbonyl (C=O) groups excluding carboxylic acids is 1. The Balaban J connectivity index is 1.44. The van der Waals surface area contributed by atoms with E-state index in [0.29, 0.717) is 25.7 Å². The zero-order valence-corrected chi connectivity index (χ0v) is 16.6. The first-order valence-corrected chi connectivity index (χ1v) is 10.3. The molecular weight excluding hydrogens is 342 g/mol. The van der Waals surface area contributed by atoms with Gasteiger partial charge in [0.15, 0.2) is 11.5 Å². The Kier molecular flexibility index (Phi) is 7.21. The Morgan fingerprint density at radius 3 is 2.59 bits per heavy atom. The summed E-state index contributed by atoms with van der Waals surface area (Å²) in [6, 6.07) is 5.65. The Labute approximate surface area is 162 Å². The summed E-state index contributed by atoms with van der Waals surface area (Å²) in [6.07, 6.45) is 4.83. The first-order valence-electron chi connectivity index (χ1n) is 10.3. The van der Waals surface area contributed by atoms with E-state index in [-0.39, 0.29) is 12.1 Å². The molecule has 2 unspecified atom stereocenters. The number of nitrogens with zero attached hydrogens (tertiary/aromatic N) is 1. The number of carbonyl (C=O) groups is 1. The molecule has 0 aliphatic carbocycles. The summed E-state index contributed by atoms with van der Waals surface area (Å²) in [5.41, 5.74) is 1.01. The van der Waals surface area contributed by atoms with Crippen LogP contribution in [-0.4, -0.2) is 50.3 Å². The molecule has 27 heavy (non-hydrogen) atoms. The van der Waals surface area contributed by atoms with Crippen molar-refractivity contribution in [3.8, 4) is 11.5 Å². The Bertz CT molecular complexity index is 617. The maximum Gasteiger partial charge on any atom is 0.315 e. The molecule has 3 rings (SSSR count). The number of nitrogens with one attached hydrogen (secondary N) is 2. The third-order valence-corrected chi connectivity index (χ3v) is 5.25. The average Bonchev–Trinajstić information content (AvgIpc) is 2.92. The fourth-order valence-corrected chi connectivity index (χ4v) is 3.69. The maximum atomic E-state index is 12.3. The lowest BCUT2D eigenvalue weighted by Gasteiger charge is -2.29. The summed E-state index contributed by atoms with van der Waals surface area (Å²) in [5, 5.41) is 6.03. The molecule has 2 N–H and O–H groups in total. The van der Waals surface area contributed by atoms with Gasteiger partial charge in [-0.3, -0.25) is 0 Å². The molecule has 0 bridgehead atoms. The first-order chi connectivity index (χ1) is 13.1. The normalized spacial score (nSPS) is 19.6. The van der Waals surface area contributed by atoms with Crippen LogP contribution in [0.5, 0.6) is 11.5 Å². The van der Waals surface area contributed by atoms with Crippen LogP contribution in [0.2, 0.25) is 0 Å². The van der Waals surface area contributed by atoms with Crippen LogP contribution < -0.4 is 20.1 Å². The van der Waals surface area contributed by atoms with Gasteiger partial charge in [0.2, 0.25) is 0 Å². The first kappa shape index (κ1) is 19.8. The standard InChI is InChI=1S/C21H33N3O3/c1-16(15-24-9-4-3-5-10-24)14-22-21(25)23-17(2)18-7-8-19-20(13-18)27-12-6-11-26-19/h7-8,13,16-17H,3-6,9-12,14-15H2,1-2H3,(H2,22,23,25). The molecule has 2 atom stereocenters. The van der Waals surface area contributed by atoms with Crippen LogP contribution in [0.25, 0.3) is 0 Å². The summed E-state index contributed by atoms with van der Waals surface area (Å²) in [5.74, 6) is 1.98. The summed E-state index contributed by atoms with van der Waals surface area (Å²) >= 11 is 0. The van der Waals surface area contributed by atoms with Gasteiger partial charge >= 0.3 is 6.03 Å². The maximum absolute atomic E-state index is 12.3. The van der Waals surface area contributed by atoms with Gasteiger partial charge in [0.1, 0.15) is 0 Å². The van der Waals surface area contributed by atoms with Crippen LogP contribution >= 0.6 is 0 Å². The molecule has 1 fully saturated rings. The second-order valence-electron chi connectivity index (χ2n) is 7.80. The molecule has 2 amide bonds. The van der Waals surface area contributed by atoms with Crippen LogP contribution in [0, 0.1) is 5.92 Å². The lowest BCUT2D eigenvalue weighted by molar-refractivity contribution is 0.197. The van der Waals surface area contributed by atoms with Crippen LogP contribution in [0.4, 0.5) is 4.79 Å². The largest absolute Gasteiger partial charge is 0.490 e. The minimum Gasteiger partial charge on any atom is -0.490 e. The molecule has 2 aliphatic heterocycles. The second-order valence-corrected chi connectivity index (χ2v) is 7.80. The predicted octanol–water partition coefficient (Wildman–Crippen LogP) is 3.33. The van der Waals surface area contributed by atoms with Crippen molar-refractivity contribution in [1.29, 1.82) is 0 Å². The van der Waals surface area contributed by atoms with Crippen molar-refractivity contribution in [2.45, 2.75) is 45.6 Å². The molecular formula is C21H33N3O3. The van der Waals surface area contributed by atoms with E-state index in [1.165, 1.54) is 32.4 Å². The number of fused-ring (bicyclic) bond motifs is 1. The molecule has 1 aromatic carbocycles. The summed E-state index contributed by atoms with van der Waals surface area (Å²) in [7, 11) is 0. The third-order valence-electron chi connectivity index (χ3n) is 5.25. The van der Waals surface area contributed by atoms with E-state index in [1.54, 1.807) is 0 Å². The van der Waals surface area contributed by atoms with Crippen LogP contribution in [0.1, 0.15) is 51.1 Å². The number of piperidine rings is 1. The van der Waals surface area contributed by atoms with Crippen LogP contribution in [-0.2, 0) is 0 Å². The van der Waals surface area contributed by atoms with Crippen LogP contribution in [0.3, 0.4) is 0 Å². The molecule has 6 heteroatoms. The molecule has 0 aromatic heterocycles. The van der Waals surface area contributed by atoms with Crippen LogP contribution in [0.15, 0.2) is 18.2 Å². The third kappa shape index (κ3) is 6.03. The van der Waals surface area contributed by atoms with E-state index in [4.69, 9.17) is 9.47 Å². The molecule has 1 saturated heterocycles. The highest BCUT2D eigenvalue weighted by molar-refractivity contribution is 5.74. The highest BCUT2D eigenvalue weighted by atomic mass is 16.5.